The summed E-state index contributed by atoms with van der Waals surface area (Å²) in [5.41, 5.74) is 7.08. The molecule has 0 aromatic carbocycles. The second kappa shape index (κ2) is 14.5. The first-order valence-corrected chi connectivity index (χ1v) is 14.8. The van der Waals surface area contributed by atoms with E-state index in [1.54, 1.807) is 50.4 Å². The Kier molecular flexibility index (Phi) is 10.5. The highest BCUT2D eigenvalue weighted by Gasteiger charge is 2.22. The maximum Gasteiger partial charge on any atom is 0.274 e. The molecule has 0 saturated carbocycles. The van der Waals surface area contributed by atoms with Gasteiger partial charge >= 0.3 is 0 Å². The number of oxime groups is 1. The van der Waals surface area contributed by atoms with E-state index in [2.05, 4.69) is 59.3 Å². The van der Waals surface area contributed by atoms with Crippen LogP contribution in [0.3, 0.4) is 0 Å². The molecule has 8 N–H and O–H groups in total. The first kappa shape index (κ1) is 34.8. The first-order valence-electron chi connectivity index (χ1n) is 14.0. The largest absolute Gasteiger partial charge is 0.409 e. The number of rotatable bonds is 12. The fraction of sp³-hybridized carbons (Fsp3) is 0.207. The van der Waals surface area contributed by atoms with Gasteiger partial charge in [-0.2, -0.15) is 5.10 Å². The molecule has 0 bridgehead atoms. The standard InChI is InChI=1S/C29H33BrN12O6/c1-15(30)25(43)35-18-7-9-39(2)24(18)29(47)34-17-11-19(40(3)14-17)27(45)33-16-10-20(41(4)13-16)28(46)36-23-12-21(42(5)37-23)26(44)32-8-6-22(31)38-48/h7,9-14,48H,1,6,8H2,2-5H3,(H2,31,38)(H,32,44)(H,33,45)(H,34,47)(H,35,43)(H,36,37,46). The van der Waals surface area contributed by atoms with Crippen molar-refractivity contribution in [1.29, 1.82) is 0 Å². The molecule has 0 fully saturated rings. The van der Waals surface area contributed by atoms with Crippen LogP contribution in [-0.4, -0.2) is 70.6 Å². The van der Waals surface area contributed by atoms with Crippen molar-refractivity contribution in [3.63, 3.8) is 0 Å². The van der Waals surface area contributed by atoms with Crippen LogP contribution in [0, 0.1) is 0 Å². The maximum absolute atomic E-state index is 13.2. The summed E-state index contributed by atoms with van der Waals surface area (Å²) in [6.45, 7) is 3.65. The number of hydrogen-bond donors (Lipinski definition) is 7. The Morgan fingerprint density at radius 3 is 2.02 bits per heavy atom. The van der Waals surface area contributed by atoms with Gasteiger partial charge < -0.3 is 51.2 Å². The molecule has 48 heavy (non-hydrogen) atoms. The van der Waals surface area contributed by atoms with Crippen molar-refractivity contribution in [2.75, 3.05) is 27.8 Å². The van der Waals surface area contributed by atoms with E-state index >= 15 is 0 Å². The second-order valence-corrected chi connectivity index (χ2v) is 11.5. The molecule has 0 radical (unpaired) electrons. The molecule has 0 unspecified atom stereocenters. The number of nitrogens with zero attached hydrogens (tertiary/aromatic N) is 6. The predicted molar refractivity (Wildman–Crippen MR) is 180 cm³/mol. The lowest BCUT2D eigenvalue weighted by Gasteiger charge is -2.09. The Bertz CT molecular complexity index is 1960. The van der Waals surface area contributed by atoms with E-state index in [0.29, 0.717) is 11.4 Å². The van der Waals surface area contributed by atoms with Gasteiger partial charge in [0, 0.05) is 65.8 Å². The smallest absolute Gasteiger partial charge is 0.274 e. The lowest BCUT2D eigenvalue weighted by Crippen LogP contribution is -2.29. The monoisotopic (exact) mass is 724 g/mol. The van der Waals surface area contributed by atoms with Gasteiger partial charge in [-0.05, 0) is 34.1 Å². The summed E-state index contributed by atoms with van der Waals surface area (Å²) in [6, 6.07) is 5.92. The lowest BCUT2D eigenvalue weighted by atomic mass is 10.3. The van der Waals surface area contributed by atoms with Crippen molar-refractivity contribution in [2.24, 2.45) is 39.1 Å². The molecule has 4 rings (SSSR count). The number of amidine groups is 1. The number of carbonyl (C=O) groups is 5. The van der Waals surface area contributed by atoms with Crippen LogP contribution in [0.25, 0.3) is 0 Å². The normalized spacial score (nSPS) is 11.1. The Morgan fingerprint density at radius 2 is 1.44 bits per heavy atom. The molecular formula is C29H33BrN12O6. The molecule has 0 aliphatic heterocycles. The number of amides is 5. The van der Waals surface area contributed by atoms with E-state index in [1.807, 2.05) is 0 Å². The van der Waals surface area contributed by atoms with Crippen LogP contribution >= 0.6 is 15.9 Å². The van der Waals surface area contributed by atoms with Gasteiger partial charge in [-0.1, -0.05) is 11.7 Å². The van der Waals surface area contributed by atoms with Crippen molar-refractivity contribution >= 4 is 74.2 Å². The minimum atomic E-state index is -0.546. The topological polar surface area (TPSA) is 237 Å². The van der Waals surface area contributed by atoms with E-state index in [-0.39, 0.29) is 57.6 Å². The molecule has 0 atom stereocenters. The second-order valence-electron chi connectivity index (χ2n) is 10.5. The van der Waals surface area contributed by atoms with Crippen LogP contribution in [0.1, 0.15) is 48.4 Å². The van der Waals surface area contributed by atoms with Crippen LogP contribution in [0.5, 0.6) is 0 Å². The SMILES string of the molecule is C=C(Br)C(=O)Nc1ccn(C)c1C(=O)Nc1cc(C(=O)Nc2cc(C(=O)Nc3cc(C(=O)NCCC(N)=NO)n(C)n3)n(C)c2)n(C)c1. The van der Waals surface area contributed by atoms with E-state index in [9.17, 15) is 24.0 Å². The van der Waals surface area contributed by atoms with Crippen LogP contribution in [0.4, 0.5) is 22.9 Å². The number of halogens is 1. The molecule has 5 amide bonds. The van der Waals surface area contributed by atoms with Gasteiger partial charge in [0.15, 0.2) is 5.82 Å². The molecular weight excluding hydrogens is 692 g/mol. The summed E-state index contributed by atoms with van der Waals surface area (Å²) in [7, 11) is 6.43. The summed E-state index contributed by atoms with van der Waals surface area (Å²) in [5.74, 6) is -2.47. The highest BCUT2D eigenvalue weighted by atomic mass is 79.9. The van der Waals surface area contributed by atoms with Crippen molar-refractivity contribution in [3.8, 4) is 0 Å². The molecule has 252 valence electrons. The lowest BCUT2D eigenvalue weighted by molar-refractivity contribution is -0.112. The summed E-state index contributed by atoms with van der Waals surface area (Å²) in [6.07, 6.45) is 4.86. The van der Waals surface area contributed by atoms with Crippen molar-refractivity contribution in [2.45, 2.75) is 6.42 Å². The Balaban J connectivity index is 1.40. The average molecular weight is 726 g/mol. The first-order chi connectivity index (χ1) is 22.7. The van der Waals surface area contributed by atoms with Gasteiger partial charge in [0.1, 0.15) is 28.6 Å². The van der Waals surface area contributed by atoms with Crippen LogP contribution in [0.2, 0.25) is 0 Å². The van der Waals surface area contributed by atoms with Crippen LogP contribution < -0.4 is 32.3 Å². The van der Waals surface area contributed by atoms with Crippen LogP contribution in [-0.2, 0) is 33.0 Å². The summed E-state index contributed by atoms with van der Waals surface area (Å²) in [5, 5.41) is 28.9. The van der Waals surface area contributed by atoms with Crippen molar-refractivity contribution in [3.05, 3.63) is 76.7 Å². The number of aryl methyl sites for hydroxylation is 4. The average Bonchev–Trinajstić information content (AvgIpc) is 3.78. The minimum Gasteiger partial charge on any atom is -0.409 e. The zero-order chi connectivity index (χ0) is 35.3. The van der Waals surface area contributed by atoms with Crippen LogP contribution in [0.15, 0.2) is 59.1 Å². The molecule has 0 aliphatic carbocycles. The molecule has 19 heteroatoms. The summed E-state index contributed by atoms with van der Waals surface area (Å²) in [4.78, 5) is 63.9. The number of anilines is 4. The third kappa shape index (κ3) is 7.99. The molecule has 0 saturated heterocycles. The number of aromatic nitrogens is 5. The number of nitrogens with two attached hydrogens (primary N) is 1. The van der Waals surface area contributed by atoms with Gasteiger partial charge in [-0.15, -0.1) is 0 Å². The Morgan fingerprint density at radius 1 is 0.854 bits per heavy atom. The van der Waals surface area contributed by atoms with Gasteiger partial charge in [0.25, 0.3) is 29.5 Å². The van der Waals surface area contributed by atoms with E-state index < -0.39 is 29.5 Å². The van der Waals surface area contributed by atoms with Crippen molar-refractivity contribution < 1.29 is 29.2 Å². The van der Waals surface area contributed by atoms with E-state index in [4.69, 9.17) is 10.9 Å². The van der Waals surface area contributed by atoms with Crippen molar-refractivity contribution in [1.82, 2.24) is 28.8 Å². The Hall–Kier alpha value is -6.11. The highest BCUT2D eigenvalue weighted by molar-refractivity contribution is 9.12. The molecule has 0 aliphatic rings. The van der Waals surface area contributed by atoms with Gasteiger partial charge in [-0.25, -0.2) is 0 Å². The third-order valence-corrected chi connectivity index (χ3v) is 7.28. The van der Waals surface area contributed by atoms with Gasteiger partial charge in [-0.3, -0.25) is 28.7 Å². The molecule has 4 aromatic heterocycles. The predicted octanol–water partition coefficient (Wildman–Crippen LogP) is 1.91. The number of nitrogens with one attached hydrogen (secondary N) is 5. The number of hydrogen-bond acceptors (Lipinski definition) is 8. The molecule has 4 heterocycles. The fourth-order valence-electron chi connectivity index (χ4n) is 4.57. The van der Waals surface area contributed by atoms with E-state index in [0.717, 1.165) is 0 Å². The maximum atomic E-state index is 13.2. The zero-order valence-corrected chi connectivity index (χ0v) is 27.9. The fourth-order valence-corrected chi connectivity index (χ4v) is 4.67. The molecule has 0 spiro atoms. The quantitative estimate of drug-likeness (QED) is 0.0374. The third-order valence-electron chi connectivity index (χ3n) is 6.92. The Labute approximate surface area is 281 Å². The summed E-state index contributed by atoms with van der Waals surface area (Å²) >= 11 is 3.01. The van der Waals surface area contributed by atoms with E-state index in [1.165, 1.54) is 39.1 Å². The zero-order valence-electron chi connectivity index (χ0n) is 26.3. The number of carbonyl (C=O) groups excluding carboxylic acids is 5. The molecule has 4 aromatic rings. The van der Waals surface area contributed by atoms with Gasteiger partial charge in [0.2, 0.25) is 0 Å². The summed E-state index contributed by atoms with van der Waals surface area (Å²) < 4.78 is 5.96. The highest BCUT2D eigenvalue weighted by Crippen LogP contribution is 2.22. The molecule has 18 nitrogen and oxygen atoms in total. The van der Waals surface area contributed by atoms with Gasteiger partial charge in [0.05, 0.1) is 21.5 Å². The minimum absolute atomic E-state index is 0.0342.